The minimum Gasteiger partial charge on any atom is -0.354 e. The second-order valence-electron chi connectivity index (χ2n) is 4.49. The van der Waals surface area contributed by atoms with E-state index in [0.29, 0.717) is 6.54 Å². The quantitative estimate of drug-likeness (QED) is 0.905. The van der Waals surface area contributed by atoms with Gasteiger partial charge in [-0.25, -0.2) is 0 Å². The molecule has 0 bridgehead atoms. The summed E-state index contributed by atoms with van der Waals surface area (Å²) in [4.78, 5) is 11.7. The predicted molar refractivity (Wildman–Crippen MR) is 59.8 cm³/mol. The number of nitrogens with zero attached hydrogens (tertiary/aromatic N) is 2. The average Bonchev–Trinajstić information content (AvgIpc) is 2.73. The highest BCUT2D eigenvalue weighted by atomic mass is 19.4. The fraction of sp³-hybridized carbons (Fsp3) is 0.636. The van der Waals surface area contributed by atoms with Gasteiger partial charge in [0.25, 0.3) is 0 Å². The van der Waals surface area contributed by atoms with Gasteiger partial charge in [-0.15, -0.1) is 0 Å². The number of carbonyl (C=O) groups is 1. The average molecular weight is 263 g/mol. The Hall–Kier alpha value is -1.53. The van der Waals surface area contributed by atoms with Crippen LogP contribution in [0.5, 0.6) is 0 Å². The van der Waals surface area contributed by atoms with Crippen molar-refractivity contribution >= 4 is 5.91 Å². The normalized spacial score (nSPS) is 13.7. The second-order valence-corrected chi connectivity index (χ2v) is 4.49. The highest BCUT2D eigenvalue weighted by Gasteiger charge is 2.34. The topological polar surface area (TPSA) is 46.9 Å². The molecule has 0 saturated carbocycles. The first-order valence-electron chi connectivity index (χ1n) is 5.62. The van der Waals surface area contributed by atoms with Gasteiger partial charge in [-0.2, -0.15) is 18.3 Å². The van der Waals surface area contributed by atoms with Crippen molar-refractivity contribution in [3.8, 4) is 0 Å². The van der Waals surface area contributed by atoms with E-state index in [1.54, 1.807) is 0 Å². The Morgan fingerprint density at radius 2 is 2.06 bits per heavy atom. The maximum absolute atomic E-state index is 12.3. The van der Waals surface area contributed by atoms with E-state index in [0.717, 1.165) is 16.9 Å². The zero-order chi connectivity index (χ0) is 13.9. The van der Waals surface area contributed by atoms with Crippen molar-refractivity contribution in [2.24, 2.45) is 5.92 Å². The highest BCUT2D eigenvalue weighted by Crippen LogP contribution is 2.27. The number of halogens is 3. The van der Waals surface area contributed by atoms with Crippen molar-refractivity contribution in [2.75, 3.05) is 6.54 Å². The van der Waals surface area contributed by atoms with Crippen LogP contribution >= 0.6 is 0 Å². The summed E-state index contributed by atoms with van der Waals surface area (Å²) in [7, 11) is 0. The summed E-state index contributed by atoms with van der Waals surface area (Å²) in [5.41, 5.74) is -0.994. The minimum absolute atomic E-state index is 0.282. The molecule has 102 valence electrons. The number of rotatable bonds is 4. The molecule has 1 aromatic heterocycles. The monoisotopic (exact) mass is 263 g/mol. The largest absolute Gasteiger partial charge is 0.435 e. The van der Waals surface area contributed by atoms with Gasteiger partial charge in [0.1, 0.15) is 6.04 Å². The maximum atomic E-state index is 12.3. The molecule has 0 radical (unpaired) electrons. The van der Waals surface area contributed by atoms with Crippen LogP contribution in [-0.4, -0.2) is 22.2 Å². The van der Waals surface area contributed by atoms with Crippen LogP contribution in [0.25, 0.3) is 0 Å². The molecule has 0 saturated heterocycles. The Morgan fingerprint density at radius 1 is 1.44 bits per heavy atom. The third kappa shape index (κ3) is 3.75. The van der Waals surface area contributed by atoms with Crippen LogP contribution in [0.3, 0.4) is 0 Å². The predicted octanol–water partition coefficient (Wildman–Crippen LogP) is 2.24. The van der Waals surface area contributed by atoms with Crippen molar-refractivity contribution in [1.29, 1.82) is 0 Å². The van der Waals surface area contributed by atoms with Gasteiger partial charge in [0.05, 0.1) is 0 Å². The minimum atomic E-state index is -4.49. The molecule has 1 unspecified atom stereocenters. The van der Waals surface area contributed by atoms with E-state index in [9.17, 15) is 18.0 Å². The SMILES string of the molecule is CC(C)CNC(=O)C(C)n1ccc(C(F)(F)F)n1. The van der Waals surface area contributed by atoms with Crippen LogP contribution in [0.1, 0.15) is 32.5 Å². The van der Waals surface area contributed by atoms with Gasteiger partial charge in [-0.05, 0) is 18.9 Å². The van der Waals surface area contributed by atoms with E-state index >= 15 is 0 Å². The molecule has 0 aromatic carbocycles. The summed E-state index contributed by atoms with van der Waals surface area (Å²) in [6, 6.07) is 0.0894. The van der Waals surface area contributed by atoms with E-state index in [1.807, 2.05) is 13.8 Å². The van der Waals surface area contributed by atoms with Gasteiger partial charge in [0.15, 0.2) is 5.69 Å². The van der Waals surface area contributed by atoms with Crippen molar-refractivity contribution < 1.29 is 18.0 Å². The van der Waals surface area contributed by atoms with E-state index in [4.69, 9.17) is 0 Å². The fourth-order valence-electron chi connectivity index (χ4n) is 1.28. The van der Waals surface area contributed by atoms with E-state index < -0.39 is 17.9 Å². The molecule has 1 N–H and O–H groups in total. The van der Waals surface area contributed by atoms with Gasteiger partial charge in [-0.1, -0.05) is 13.8 Å². The molecule has 1 amide bonds. The standard InChI is InChI=1S/C11H16F3N3O/c1-7(2)6-15-10(18)8(3)17-5-4-9(16-17)11(12,13)14/h4-5,7-8H,6H2,1-3H3,(H,15,18). The number of alkyl halides is 3. The lowest BCUT2D eigenvalue weighted by Gasteiger charge is -2.14. The van der Waals surface area contributed by atoms with Crippen molar-refractivity contribution in [2.45, 2.75) is 33.0 Å². The molecule has 0 aliphatic carbocycles. The summed E-state index contributed by atoms with van der Waals surface area (Å²) in [6.07, 6.45) is -3.33. The third-order valence-corrected chi connectivity index (χ3v) is 2.36. The summed E-state index contributed by atoms with van der Waals surface area (Å²) >= 11 is 0. The Kier molecular flexibility index (Phi) is 4.37. The van der Waals surface area contributed by atoms with Gasteiger partial charge in [0.2, 0.25) is 5.91 Å². The third-order valence-electron chi connectivity index (χ3n) is 2.36. The van der Waals surface area contributed by atoms with Gasteiger partial charge < -0.3 is 5.32 Å². The van der Waals surface area contributed by atoms with Crippen molar-refractivity contribution in [1.82, 2.24) is 15.1 Å². The molecule has 1 aromatic rings. The van der Waals surface area contributed by atoms with Crippen LogP contribution in [0.4, 0.5) is 13.2 Å². The second kappa shape index (κ2) is 5.41. The Morgan fingerprint density at radius 3 is 2.50 bits per heavy atom. The highest BCUT2D eigenvalue weighted by molar-refractivity contribution is 5.79. The number of aromatic nitrogens is 2. The Balaban J connectivity index is 2.69. The van der Waals surface area contributed by atoms with E-state index in [-0.39, 0.29) is 11.8 Å². The van der Waals surface area contributed by atoms with Gasteiger partial charge in [0, 0.05) is 12.7 Å². The summed E-state index contributed by atoms with van der Waals surface area (Å²) in [6.45, 7) is 5.85. The van der Waals surface area contributed by atoms with Crippen LogP contribution in [0.15, 0.2) is 12.3 Å². The lowest BCUT2D eigenvalue weighted by molar-refractivity contribution is -0.142. The van der Waals surface area contributed by atoms with Crippen LogP contribution < -0.4 is 5.32 Å². The molecule has 18 heavy (non-hydrogen) atoms. The zero-order valence-corrected chi connectivity index (χ0v) is 10.5. The Bertz CT molecular complexity index is 412. The first-order valence-corrected chi connectivity index (χ1v) is 5.62. The zero-order valence-electron chi connectivity index (χ0n) is 10.5. The molecule has 0 spiro atoms. The molecule has 7 heteroatoms. The lowest BCUT2D eigenvalue weighted by atomic mass is 10.2. The number of nitrogens with one attached hydrogen (secondary N) is 1. The van der Waals surface area contributed by atoms with E-state index in [1.165, 1.54) is 6.92 Å². The van der Waals surface area contributed by atoms with Crippen LogP contribution in [-0.2, 0) is 11.0 Å². The summed E-state index contributed by atoms with van der Waals surface area (Å²) in [5, 5.41) is 6.01. The number of amides is 1. The van der Waals surface area contributed by atoms with Crippen LogP contribution in [0, 0.1) is 5.92 Å². The molecule has 1 heterocycles. The van der Waals surface area contributed by atoms with Gasteiger partial charge >= 0.3 is 6.18 Å². The van der Waals surface area contributed by atoms with E-state index in [2.05, 4.69) is 10.4 Å². The molecule has 0 aliphatic heterocycles. The molecular weight excluding hydrogens is 247 g/mol. The van der Waals surface area contributed by atoms with Crippen molar-refractivity contribution in [3.63, 3.8) is 0 Å². The first-order chi connectivity index (χ1) is 8.21. The summed E-state index contributed by atoms with van der Waals surface area (Å²) in [5.74, 6) is -0.0648. The van der Waals surface area contributed by atoms with Crippen molar-refractivity contribution in [3.05, 3.63) is 18.0 Å². The molecule has 0 aliphatic rings. The molecule has 1 atom stereocenters. The molecular formula is C11H16F3N3O. The smallest absolute Gasteiger partial charge is 0.354 e. The maximum Gasteiger partial charge on any atom is 0.435 e. The van der Waals surface area contributed by atoms with Crippen LogP contribution in [0.2, 0.25) is 0 Å². The Labute approximate surface area is 103 Å². The molecule has 4 nitrogen and oxygen atoms in total. The van der Waals surface area contributed by atoms with Gasteiger partial charge in [-0.3, -0.25) is 9.48 Å². The summed E-state index contributed by atoms with van der Waals surface area (Å²) < 4.78 is 38.0. The number of hydrogen-bond donors (Lipinski definition) is 1. The number of hydrogen-bond acceptors (Lipinski definition) is 2. The lowest BCUT2D eigenvalue weighted by Crippen LogP contribution is -2.33. The number of carbonyl (C=O) groups excluding carboxylic acids is 1. The molecule has 0 fully saturated rings. The first kappa shape index (κ1) is 14.5. The fourth-order valence-corrected chi connectivity index (χ4v) is 1.28. The molecule has 1 rings (SSSR count).